The number of carbonyl (C=O) groups is 4. The normalized spacial score (nSPS) is 22.6. The highest BCUT2D eigenvalue weighted by atomic mass is 32.1. The molecule has 2 saturated heterocycles. The fourth-order valence-electron chi connectivity index (χ4n) is 5.01. The lowest BCUT2D eigenvalue weighted by Crippen LogP contribution is -2.72. The number of pyridine rings is 1. The lowest BCUT2D eigenvalue weighted by atomic mass is 9.82. The van der Waals surface area contributed by atoms with Gasteiger partial charge in [-0.2, -0.15) is 4.90 Å². The second-order valence-electron chi connectivity index (χ2n) is 8.99. The molecule has 3 aliphatic rings. The van der Waals surface area contributed by atoms with E-state index >= 15 is 0 Å². The number of amides is 3. The molecule has 196 valence electrons. The number of nitrogens with two attached hydrogens (primary N) is 1. The van der Waals surface area contributed by atoms with Gasteiger partial charge in [0.15, 0.2) is 10.8 Å². The molecule has 5 rings (SSSR count). The summed E-state index contributed by atoms with van der Waals surface area (Å²) in [7, 11) is 1.83. The van der Waals surface area contributed by atoms with Gasteiger partial charge in [0.05, 0.1) is 37.5 Å². The number of hydrogen-bond acceptors (Lipinski definition) is 10. The monoisotopic (exact) mass is 537 g/mol. The highest BCUT2D eigenvalue weighted by Gasteiger charge is 2.52. The number of allylic oxidation sites excluding steroid dienone is 2. The first-order valence-electron chi connectivity index (χ1n) is 11.7. The van der Waals surface area contributed by atoms with E-state index in [1.54, 1.807) is 4.90 Å². The van der Waals surface area contributed by atoms with Crippen molar-refractivity contribution in [3.05, 3.63) is 58.4 Å². The van der Waals surface area contributed by atoms with E-state index in [9.17, 15) is 29.5 Å². The number of nitrogens with zero attached hydrogens (tertiary/aromatic N) is 5. The van der Waals surface area contributed by atoms with E-state index in [0.29, 0.717) is 36.4 Å². The number of carbonyl (C=O) groups excluding carboxylic acids is 4. The number of rotatable bonds is 6. The number of nitrogen functional groups attached to an aromatic ring is 1. The number of carboxylic acid groups (broad SMARTS) is 1. The number of β-lactam (4-membered cyclic amide) rings is 1. The van der Waals surface area contributed by atoms with Crippen molar-refractivity contribution in [3.63, 3.8) is 0 Å². The van der Waals surface area contributed by atoms with Crippen LogP contribution in [0.3, 0.4) is 0 Å². The lowest BCUT2D eigenvalue weighted by Gasteiger charge is -2.51. The first kappa shape index (κ1) is 25.1. The second kappa shape index (κ2) is 9.70. The number of aromatic nitrogens is 2. The Labute approximate surface area is 220 Å². The third-order valence-corrected chi connectivity index (χ3v) is 7.48. The zero-order valence-electron chi connectivity index (χ0n) is 20.2. The van der Waals surface area contributed by atoms with Crippen LogP contribution in [0.4, 0.5) is 10.9 Å². The maximum absolute atomic E-state index is 13.1. The Kier molecular flexibility index (Phi) is 6.40. The summed E-state index contributed by atoms with van der Waals surface area (Å²) in [6.07, 6.45) is 4.37. The van der Waals surface area contributed by atoms with Gasteiger partial charge in [-0.15, -0.1) is 11.3 Å². The van der Waals surface area contributed by atoms with Gasteiger partial charge in [0.1, 0.15) is 11.7 Å². The maximum Gasteiger partial charge on any atom is 0.337 e. The first-order valence-corrected chi connectivity index (χ1v) is 12.6. The third-order valence-electron chi connectivity index (χ3n) is 6.81. The average Bonchev–Trinajstić information content (AvgIpc) is 3.48. The number of oxime groups is 1. The summed E-state index contributed by atoms with van der Waals surface area (Å²) in [6.45, 7) is 0.440. The molecule has 0 bridgehead atoms. The molecule has 0 aromatic carbocycles. The molecule has 2 aromatic heterocycles. The number of anilines is 2. The second-order valence-corrected chi connectivity index (χ2v) is 9.88. The smallest absolute Gasteiger partial charge is 0.337 e. The molecule has 0 unspecified atom stereocenters. The third kappa shape index (κ3) is 4.18. The van der Waals surface area contributed by atoms with E-state index < -0.39 is 35.6 Å². The van der Waals surface area contributed by atoms with Gasteiger partial charge in [0, 0.05) is 23.4 Å². The summed E-state index contributed by atoms with van der Waals surface area (Å²) in [4.78, 5) is 57.5. The molecule has 14 heteroatoms. The van der Waals surface area contributed by atoms with Gasteiger partial charge in [-0.25, -0.2) is 14.3 Å². The van der Waals surface area contributed by atoms with E-state index in [1.807, 2.05) is 36.0 Å². The van der Waals surface area contributed by atoms with Crippen molar-refractivity contribution in [1.82, 2.24) is 15.2 Å². The van der Waals surface area contributed by atoms with Gasteiger partial charge < -0.3 is 31.1 Å². The summed E-state index contributed by atoms with van der Waals surface area (Å²) in [5.41, 5.74) is 5.63. The number of nitrogens with one attached hydrogen (secondary N) is 1. The zero-order chi connectivity index (χ0) is 27.1. The maximum atomic E-state index is 13.1. The summed E-state index contributed by atoms with van der Waals surface area (Å²) < 4.78 is 1.82. The quantitative estimate of drug-likeness (QED) is 0.100. The minimum absolute atomic E-state index is 0.0448. The molecule has 2 fully saturated rings. The number of aliphatic carboxylic acids is 1. The van der Waals surface area contributed by atoms with Crippen LogP contribution in [0.15, 0.2) is 57.9 Å². The topological polar surface area (TPSA) is 185 Å². The predicted molar refractivity (Wildman–Crippen MR) is 131 cm³/mol. The van der Waals surface area contributed by atoms with Crippen LogP contribution < -0.4 is 25.6 Å². The first-order chi connectivity index (χ1) is 18.2. The molecule has 38 heavy (non-hydrogen) atoms. The molecule has 13 nitrogen and oxygen atoms in total. The van der Waals surface area contributed by atoms with Gasteiger partial charge in [0.2, 0.25) is 0 Å². The highest BCUT2D eigenvalue weighted by Crippen LogP contribution is 2.38. The van der Waals surface area contributed by atoms with E-state index in [1.165, 1.54) is 11.5 Å². The fourth-order valence-corrected chi connectivity index (χ4v) is 5.56. The molecule has 0 aliphatic carbocycles. The van der Waals surface area contributed by atoms with Crippen LogP contribution in [-0.2, 0) is 26.2 Å². The van der Waals surface area contributed by atoms with Gasteiger partial charge in [-0.1, -0.05) is 11.2 Å². The molecule has 4 N–H and O–H groups in total. The summed E-state index contributed by atoms with van der Waals surface area (Å²) in [5, 5.41) is 28.5. The minimum Gasteiger partial charge on any atom is -0.543 e. The minimum atomic E-state index is -1.55. The Balaban J connectivity index is 1.36. The summed E-state index contributed by atoms with van der Waals surface area (Å²) in [6, 6.07) is 3.83. The van der Waals surface area contributed by atoms with Crippen LogP contribution in [0.2, 0.25) is 0 Å². The SMILES string of the molecule is C[n+]1ccccc1N1CC/C(=C\C2=C(C(=O)[O-])N3C(=O)[C@@H](NC(=O)/C(=N\O)c4csc(N)n4)[C@H]3CC2)C1=O. The Morgan fingerprint density at radius 1 is 1.34 bits per heavy atom. The van der Waals surface area contributed by atoms with Crippen LogP contribution in [0.5, 0.6) is 0 Å². The molecule has 2 atom stereocenters. The Bertz CT molecular complexity index is 1460. The largest absolute Gasteiger partial charge is 0.543 e. The molecule has 5 heterocycles. The fraction of sp³-hybridized carbons (Fsp3) is 0.292. The molecule has 3 amide bonds. The van der Waals surface area contributed by atoms with Crippen LogP contribution in [0, 0.1) is 0 Å². The highest BCUT2D eigenvalue weighted by molar-refractivity contribution is 7.13. The molecule has 3 aliphatic heterocycles. The van der Waals surface area contributed by atoms with Gasteiger partial charge in [-0.05, 0) is 30.6 Å². The van der Waals surface area contributed by atoms with Crippen molar-refractivity contribution < 1.29 is 34.1 Å². The Hall–Kier alpha value is -4.59. The van der Waals surface area contributed by atoms with Crippen LogP contribution in [0.25, 0.3) is 0 Å². The molecular weight excluding hydrogens is 514 g/mol. The zero-order valence-corrected chi connectivity index (χ0v) is 21.0. The lowest BCUT2D eigenvalue weighted by molar-refractivity contribution is -0.658. The van der Waals surface area contributed by atoms with Crippen molar-refractivity contribution in [1.29, 1.82) is 0 Å². The predicted octanol–water partition coefficient (Wildman–Crippen LogP) is -1.42. The van der Waals surface area contributed by atoms with E-state index in [4.69, 9.17) is 5.73 Å². The van der Waals surface area contributed by atoms with Crippen molar-refractivity contribution in [2.45, 2.75) is 31.3 Å². The summed E-state index contributed by atoms with van der Waals surface area (Å²) in [5.74, 6) is -2.58. The molecule has 0 radical (unpaired) electrons. The van der Waals surface area contributed by atoms with E-state index in [0.717, 1.165) is 16.2 Å². The average molecular weight is 538 g/mol. The number of hydrogen-bond donors (Lipinski definition) is 3. The number of thiazole rings is 1. The number of aryl methyl sites for hydroxylation is 1. The molecule has 0 spiro atoms. The van der Waals surface area contributed by atoms with Crippen LogP contribution in [-0.4, -0.2) is 63.1 Å². The summed E-state index contributed by atoms with van der Waals surface area (Å²) >= 11 is 1.05. The number of carboxylic acids is 1. The Morgan fingerprint density at radius 3 is 2.79 bits per heavy atom. The van der Waals surface area contributed by atoms with Crippen molar-refractivity contribution in [2.24, 2.45) is 12.2 Å². The van der Waals surface area contributed by atoms with Gasteiger partial charge >= 0.3 is 5.91 Å². The van der Waals surface area contributed by atoms with E-state index in [-0.39, 0.29) is 28.9 Å². The standard InChI is InChI=1S/C24H23N7O6S/c1-29-8-3-2-4-16(29)30-9-7-13(21(30)33)10-12-5-6-15-18(22(34)31(15)19(12)23(35)36)27-20(32)17(28-37)14-11-38-24(25)26-14/h2-4,8,10-11,15,18H,5-7,9H2,1H3,(H4-,25,26,27,32,35,36,37)/b13-10+/t15-,18+/m1/s1. The van der Waals surface area contributed by atoms with E-state index in [2.05, 4.69) is 15.5 Å². The number of fused-ring (bicyclic) bond motifs is 1. The van der Waals surface area contributed by atoms with Crippen LogP contribution >= 0.6 is 11.3 Å². The van der Waals surface area contributed by atoms with Gasteiger partial charge in [0.25, 0.3) is 17.6 Å². The van der Waals surface area contributed by atoms with Crippen molar-refractivity contribution >= 4 is 51.7 Å². The molecular formula is C24H23N7O6S. The van der Waals surface area contributed by atoms with Crippen molar-refractivity contribution in [3.8, 4) is 0 Å². The van der Waals surface area contributed by atoms with Crippen molar-refractivity contribution in [2.75, 3.05) is 17.2 Å². The van der Waals surface area contributed by atoms with Crippen LogP contribution in [0.1, 0.15) is 25.0 Å². The molecule has 0 saturated carbocycles. The van der Waals surface area contributed by atoms with Gasteiger partial charge in [-0.3, -0.25) is 9.59 Å². The Morgan fingerprint density at radius 2 is 2.13 bits per heavy atom. The molecule has 2 aromatic rings.